The Hall–Kier alpha value is -2.43. The maximum absolute atomic E-state index is 11.8. The highest BCUT2D eigenvalue weighted by atomic mass is 16.5. The Labute approximate surface area is 130 Å². The van der Waals surface area contributed by atoms with E-state index in [-0.39, 0.29) is 5.43 Å². The highest BCUT2D eigenvalue weighted by Gasteiger charge is 2.08. The molecule has 0 radical (unpaired) electrons. The second kappa shape index (κ2) is 7.54. The lowest BCUT2D eigenvalue weighted by Gasteiger charge is -2.14. The summed E-state index contributed by atoms with van der Waals surface area (Å²) in [7, 11) is 1.63. The van der Waals surface area contributed by atoms with Gasteiger partial charge in [0, 0.05) is 12.3 Å². The molecule has 0 aliphatic carbocycles. The zero-order valence-corrected chi connectivity index (χ0v) is 13.2. The highest BCUT2D eigenvalue weighted by molar-refractivity contribution is 5.31. The number of nitrogens with zero attached hydrogens (tertiary/aromatic N) is 1. The molecule has 0 aliphatic rings. The van der Waals surface area contributed by atoms with Gasteiger partial charge in [-0.2, -0.15) is 0 Å². The van der Waals surface area contributed by atoms with Crippen LogP contribution in [0.15, 0.2) is 41.3 Å². The third kappa shape index (κ3) is 3.81. The second-order valence-electron chi connectivity index (χ2n) is 4.74. The smallest absolute Gasteiger partial charge is 0.223 e. The molecule has 5 heteroatoms. The van der Waals surface area contributed by atoms with Crippen LogP contribution in [0.2, 0.25) is 0 Å². The van der Waals surface area contributed by atoms with Gasteiger partial charge in [0.25, 0.3) is 0 Å². The second-order valence-corrected chi connectivity index (χ2v) is 4.74. The molecule has 118 valence electrons. The van der Waals surface area contributed by atoms with Gasteiger partial charge < -0.3 is 18.8 Å². The number of ether oxygens (including phenoxy) is 3. The Morgan fingerprint density at radius 3 is 2.36 bits per heavy atom. The Morgan fingerprint density at radius 2 is 1.73 bits per heavy atom. The normalized spacial score (nSPS) is 10.3. The van der Waals surface area contributed by atoms with Gasteiger partial charge in [0.05, 0.1) is 26.0 Å². The van der Waals surface area contributed by atoms with Crippen molar-refractivity contribution in [3.63, 3.8) is 0 Å². The summed E-state index contributed by atoms with van der Waals surface area (Å²) in [5, 5.41) is 0. The van der Waals surface area contributed by atoms with Gasteiger partial charge in [-0.3, -0.25) is 4.79 Å². The predicted octanol–water partition coefficient (Wildman–Crippen LogP) is 2.64. The van der Waals surface area contributed by atoms with E-state index in [4.69, 9.17) is 14.2 Å². The lowest BCUT2D eigenvalue weighted by atomic mass is 10.3. The van der Waals surface area contributed by atoms with E-state index in [1.807, 2.05) is 42.7 Å². The average Bonchev–Trinajstić information content (AvgIpc) is 2.54. The van der Waals surface area contributed by atoms with Crippen molar-refractivity contribution in [3.8, 4) is 17.2 Å². The average molecular weight is 303 g/mol. The van der Waals surface area contributed by atoms with Crippen LogP contribution < -0.4 is 19.6 Å². The van der Waals surface area contributed by atoms with E-state index in [2.05, 4.69) is 0 Å². The van der Waals surface area contributed by atoms with E-state index in [0.717, 1.165) is 17.2 Å². The van der Waals surface area contributed by atoms with Crippen LogP contribution in [0.4, 0.5) is 0 Å². The topological polar surface area (TPSA) is 49.7 Å². The molecule has 0 bridgehead atoms. The van der Waals surface area contributed by atoms with Crippen LogP contribution in [-0.2, 0) is 6.54 Å². The molecular weight excluding hydrogens is 282 g/mol. The molecule has 22 heavy (non-hydrogen) atoms. The van der Waals surface area contributed by atoms with Crippen LogP contribution in [0.5, 0.6) is 17.2 Å². The van der Waals surface area contributed by atoms with Crippen molar-refractivity contribution in [1.82, 2.24) is 4.57 Å². The molecule has 0 aliphatic heterocycles. The number of rotatable bonds is 7. The van der Waals surface area contributed by atoms with Crippen molar-refractivity contribution in [2.75, 3.05) is 20.3 Å². The van der Waals surface area contributed by atoms with Gasteiger partial charge in [0.1, 0.15) is 18.1 Å². The van der Waals surface area contributed by atoms with E-state index < -0.39 is 0 Å². The van der Waals surface area contributed by atoms with Crippen molar-refractivity contribution >= 4 is 0 Å². The minimum Gasteiger partial charge on any atom is -0.497 e. The molecule has 1 heterocycles. The summed E-state index contributed by atoms with van der Waals surface area (Å²) in [6.45, 7) is 5.35. The van der Waals surface area contributed by atoms with Crippen LogP contribution >= 0.6 is 0 Å². The molecule has 5 nitrogen and oxygen atoms in total. The minimum absolute atomic E-state index is 0.0910. The molecule has 2 rings (SSSR count). The van der Waals surface area contributed by atoms with E-state index in [1.54, 1.807) is 13.3 Å². The van der Waals surface area contributed by atoms with Gasteiger partial charge in [0.2, 0.25) is 5.43 Å². The molecule has 0 unspecified atom stereocenters. The van der Waals surface area contributed by atoms with Crippen molar-refractivity contribution in [2.45, 2.75) is 20.4 Å². The largest absolute Gasteiger partial charge is 0.497 e. The molecule has 1 aromatic carbocycles. The predicted molar refractivity (Wildman–Crippen MR) is 85.1 cm³/mol. The lowest BCUT2D eigenvalue weighted by Crippen LogP contribution is -2.17. The summed E-state index contributed by atoms with van der Waals surface area (Å²) in [5.74, 6) is 1.99. The van der Waals surface area contributed by atoms with Gasteiger partial charge in [-0.05, 0) is 38.1 Å². The van der Waals surface area contributed by atoms with Gasteiger partial charge >= 0.3 is 0 Å². The molecule has 0 saturated carbocycles. The van der Waals surface area contributed by atoms with E-state index in [1.165, 1.54) is 6.07 Å². The van der Waals surface area contributed by atoms with Crippen molar-refractivity contribution < 1.29 is 14.2 Å². The zero-order valence-electron chi connectivity index (χ0n) is 13.2. The number of methoxy groups -OCH3 is 1. The fourth-order valence-electron chi connectivity index (χ4n) is 2.15. The van der Waals surface area contributed by atoms with E-state index in [9.17, 15) is 4.79 Å². The maximum Gasteiger partial charge on any atom is 0.223 e. The fraction of sp³-hybridized carbons (Fsp3) is 0.353. The van der Waals surface area contributed by atoms with Gasteiger partial charge in [-0.15, -0.1) is 0 Å². The van der Waals surface area contributed by atoms with Crippen LogP contribution in [0, 0.1) is 6.92 Å². The van der Waals surface area contributed by atoms with E-state index >= 15 is 0 Å². The van der Waals surface area contributed by atoms with E-state index in [0.29, 0.717) is 25.5 Å². The standard InChI is InChI=1S/C17H21NO4/c1-4-21-17-13(2)18(10-9-16(17)19)11-12-22-15-7-5-14(20-3)6-8-15/h5-10H,4,11-12H2,1-3H3. The Kier molecular flexibility index (Phi) is 5.47. The van der Waals surface area contributed by atoms with Crippen LogP contribution in [-0.4, -0.2) is 24.9 Å². The first kappa shape index (κ1) is 15.9. The van der Waals surface area contributed by atoms with Gasteiger partial charge in [-0.1, -0.05) is 0 Å². The molecule has 1 aromatic heterocycles. The lowest BCUT2D eigenvalue weighted by molar-refractivity contribution is 0.291. The minimum atomic E-state index is -0.0910. The summed E-state index contributed by atoms with van der Waals surface area (Å²) in [6.07, 6.45) is 1.76. The highest BCUT2D eigenvalue weighted by Crippen LogP contribution is 2.17. The summed E-state index contributed by atoms with van der Waals surface area (Å²) in [6, 6.07) is 8.96. The Bertz CT molecular complexity index is 661. The summed E-state index contributed by atoms with van der Waals surface area (Å²) >= 11 is 0. The molecule has 0 amide bonds. The van der Waals surface area contributed by atoms with Crippen molar-refractivity contribution in [2.24, 2.45) is 0 Å². The molecule has 0 fully saturated rings. The molecule has 0 atom stereocenters. The third-order valence-corrected chi connectivity index (χ3v) is 3.34. The number of aromatic nitrogens is 1. The van der Waals surface area contributed by atoms with Gasteiger partial charge in [0.15, 0.2) is 5.75 Å². The number of benzene rings is 1. The fourth-order valence-corrected chi connectivity index (χ4v) is 2.15. The first-order valence-corrected chi connectivity index (χ1v) is 7.25. The van der Waals surface area contributed by atoms with Crippen LogP contribution in [0.3, 0.4) is 0 Å². The molecule has 0 spiro atoms. The number of hydrogen-bond donors (Lipinski definition) is 0. The summed E-state index contributed by atoms with van der Waals surface area (Å²) in [5.41, 5.74) is 0.722. The first-order valence-electron chi connectivity index (χ1n) is 7.25. The monoisotopic (exact) mass is 303 g/mol. The Morgan fingerprint density at radius 1 is 1.05 bits per heavy atom. The molecule has 2 aromatic rings. The molecule has 0 saturated heterocycles. The van der Waals surface area contributed by atoms with Crippen LogP contribution in [0.25, 0.3) is 0 Å². The maximum atomic E-state index is 11.8. The summed E-state index contributed by atoms with van der Waals surface area (Å²) < 4.78 is 18.2. The number of hydrogen-bond acceptors (Lipinski definition) is 4. The molecule has 0 N–H and O–H groups in total. The Balaban J connectivity index is 1.99. The van der Waals surface area contributed by atoms with Crippen molar-refractivity contribution in [1.29, 1.82) is 0 Å². The quantitative estimate of drug-likeness (QED) is 0.789. The first-order chi connectivity index (χ1) is 10.7. The van der Waals surface area contributed by atoms with Gasteiger partial charge in [-0.25, -0.2) is 0 Å². The number of pyridine rings is 1. The van der Waals surface area contributed by atoms with Crippen molar-refractivity contribution in [3.05, 3.63) is 52.4 Å². The summed E-state index contributed by atoms with van der Waals surface area (Å²) in [4.78, 5) is 11.8. The van der Waals surface area contributed by atoms with Crippen LogP contribution in [0.1, 0.15) is 12.6 Å². The molecular formula is C17H21NO4. The third-order valence-electron chi connectivity index (χ3n) is 3.34. The zero-order chi connectivity index (χ0) is 15.9. The SMILES string of the molecule is CCOc1c(C)n(CCOc2ccc(OC)cc2)ccc1=O.